The fourth-order valence-corrected chi connectivity index (χ4v) is 1.93. The highest BCUT2D eigenvalue weighted by Gasteiger charge is 2.02. The van der Waals surface area contributed by atoms with Gasteiger partial charge in [0, 0.05) is 16.9 Å². The largest absolute Gasteiger partial charge is 0.376 e. The molecule has 0 aliphatic carbocycles. The maximum Gasteiger partial charge on any atom is 0.243 e. The van der Waals surface area contributed by atoms with Crippen molar-refractivity contribution in [2.45, 2.75) is 13.3 Å². The molecule has 2 N–H and O–H groups in total. The summed E-state index contributed by atoms with van der Waals surface area (Å²) in [6.07, 6.45) is 6.33. The van der Waals surface area contributed by atoms with E-state index in [4.69, 9.17) is 6.42 Å². The van der Waals surface area contributed by atoms with Gasteiger partial charge in [-0.2, -0.15) is 0 Å². The summed E-state index contributed by atoms with van der Waals surface area (Å²) in [5, 5.41) is 5.90. The van der Waals surface area contributed by atoms with Crippen LogP contribution in [-0.4, -0.2) is 12.5 Å². The molecule has 1 amide bonds. The van der Waals surface area contributed by atoms with Crippen LogP contribution in [-0.2, 0) is 11.2 Å². The maximum atomic E-state index is 11.9. The molecule has 0 aliphatic rings. The second kappa shape index (κ2) is 7.16. The molecule has 2 aromatic carbocycles. The Kier molecular flexibility index (Phi) is 5.00. The van der Waals surface area contributed by atoms with E-state index >= 15 is 0 Å². The highest BCUT2D eigenvalue weighted by atomic mass is 16.1. The van der Waals surface area contributed by atoms with E-state index in [0.29, 0.717) is 0 Å². The fraction of sp³-hybridized carbons (Fsp3) is 0.167. The molecule has 0 aromatic heterocycles. The number of terminal acetylenes is 1. The summed E-state index contributed by atoms with van der Waals surface area (Å²) in [6.45, 7) is 2.30. The van der Waals surface area contributed by atoms with Crippen molar-refractivity contribution in [2.75, 3.05) is 17.2 Å². The topological polar surface area (TPSA) is 41.1 Å². The zero-order chi connectivity index (χ0) is 15.1. The van der Waals surface area contributed by atoms with E-state index in [1.54, 1.807) is 0 Å². The second-order valence-corrected chi connectivity index (χ2v) is 4.68. The molecule has 3 heteroatoms. The number of nitrogens with one attached hydrogen (secondary N) is 2. The average molecular weight is 278 g/mol. The molecule has 0 fully saturated rings. The van der Waals surface area contributed by atoms with Crippen molar-refractivity contribution >= 4 is 17.3 Å². The molecule has 0 saturated carbocycles. The van der Waals surface area contributed by atoms with Crippen LogP contribution in [0.4, 0.5) is 11.4 Å². The standard InChI is InChI=1S/C18H18N2O/c1-3-14-8-10-16(11-9-14)20-18(21)13-19-17-7-5-6-15(4-2)12-17/h2,5-12,19H,3,13H2,1H3,(H,20,21). The van der Waals surface area contributed by atoms with Crippen molar-refractivity contribution in [3.05, 3.63) is 59.7 Å². The van der Waals surface area contributed by atoms with E-state index in [2.05, 4.69) is 23.5 Å². The molecule has 106 valence electrons. The van der Waals surface area contributed by atoms with Crippen LogP contribution in [0.2, 0.25) is 0 Å². The fourth-order valence-electron chi connectivity index (χ4n) is 1.93. The third-order valence-electron chi connectivity index (χ3n) is 3.13. The van der Waals surface area contributed by atoms with Crippen molar-refractivity contribution in [2.24, 2.45) is 0 Å². The third kappa shape index (κ3) is 4.39. The lowest BCUT2D eigenvalue weighted by Crippen LogP contribution is -2.21. The predicted molar refractivity (Wildman–Crippen MR) is 87.3 cm³/mol. The van der Waals surface area contributed by atoms with E-state index < -0.39 is 0 Å². The first-order valence-electron chi connectivity index (χ1n) is 6.90. The highest BCUT2D eigenvalue weighted by molar-refractivity contribution is 5.93. The van der Waals surface area contributed by atoms with Crippen molar-refractivity contribution in [3.63, 3.8) is 0 Å². The lowest BCUT2D eigenvalue weighted by molar-refractivity contribution is -0.114. The first-order valence-corrected chi connectivity index (χ1v) is 6.90. The molecule has 0 spiro atoms. The Morgan fingerprint density at radius 3 is 2.57 bits per heavy atom. The van der Waals surface area contributed by atoms with E-state index in [1.807, 2.05) is 48.5 Å². The Balaban J connectivity index is 1.88. The minimum Gasteiger partial charge on any atom is -0.376 e. The third-order valence-corrected chi connectivity index (χ3v) is 3.13. The molecule has 0 radical (unpaired) electrons. The summed E-state index contributed by atoms with van der Waals surface area (Å²) in [7, 11) is 0. The molecule has 0 bridgehead atoms. The van der Waals surface area contributed by atoms with Gasteiger partial charge in [0.25, 0.3) is 0 Å². The molecule has 0 unspecified atom stereocenters. The Morgan fingerprint density at radius 2 is 1.90 bits per heavy atom. The van der Waals surface area contributed by atoms with E-state index in [9.17, 15) is 4.79 Å². The van der Waals surface area contributed by atoms with Crippen LogP contribution in [0.15, 0.2) is 48.5 Å². The molecule has 21 heavy (non-hydrogen) atoms. The minimum absolute atomic E-state index is 0.0923. The van der Waals surface area contributed by atoms with Gasteiger partial charge < -0.3 is 10.6 Å². The molecule has 0 saturated heterocycles. The van der Waals surface area contributed by atoms with E-state index in [-0.39, 0.29) is 12.5 Å². The minimum atomic E-state index is -0.0923. The second-order valence-electron chi connectivity index (χ2n) is 4.68. The van der Waals surface area contributed by atoms with Crippen molar-refractivity contribution < 1.29 is 4.79 Å². The van der Waals surface area contributed by atoms with Crippen LogP contribution in [0.25, 0.3) is 0 Å². The molecule has 0 atom stereocenters. The van der Waals surface area contributed by atoms with E-state index in [0.717, 1.165) is 23.4 Å². The number of aryl methyl sites for hydroxylation is 1. The summed E-state index contributed by atoms with van der Waals surface area (Å²) < 4.78 is 0. The van der Waals surface area contributed by atoms with Gasteiger partial charge in [0.05, 0.1) is 6.54 Å². The van der Waals surface area contributed by atoms with Crippen molar-refractivity contribution in [1.82, 2.24) is 0 Å². The molecule has 0 heterocycles. The predicted octanol–water partition coefficient (Wildman–Crippen LogP) is 3.28. The van der Waals surface area contributed by atoms with Gasteiger partial charge in [-0.05, 0) is 42.3 Å². The molecule has 2 aromatic rings. The molecule has 2 rings (SSSR count). The Morgan fingerprint density at radius 1 is 1.14 bits per heavy atom. The Hall–Kier alpha value is -2.73. The van der Waals surface area contributed by atoms with Gasteiger partial charge in [-0.3, -0.25) is 4.79 Å². The number of anilines is 2. The number of amides is 1. The van der Waals surface area contributed by atoms with Crippen LogP contribution in [0, 0.1) is 12.3 Å². The number of carbonyl (C=O) groups is 1. The number of benzene rings is 2. The molecular formula is C18H18N2O. The first-order chi connectivity index (χ1) is 10.2. The summed E-state index contributed by atoms with van der Waals surface area (Å²) in [5.41, 5.74) is 3.67. The van der Waals surface area contributed by atoms with Gasteiger partial charge in [0.2, 0.25) is 5.91 Å². The SMILES string of the molecule is C#Cc1cccc(NCC(=O)Nc2ccc(CC)cc2)c1. The molecule has 0 aliphatic heterocycles. The Bertz CT molecular complexity index is 654. The van der Waals surface area contributed by atoms with Gasteiger partial charge in [-0.15, -0.1) is 6.42 Å². The molecule has 3 nitrogen and oxygen atoms in total. The number of rotatable bonds is 5. The smallest absolute Gasteiger partial charge is 0.243 e. The van der Waals surface area contributed by atoms with Gasteiger partial charge in [0.15, 0.2) is 0 Å². The summed E-state index contributed by atoms with van der Waals surface area (Å²) in [5.74, 6) is 2.47. The van der Waals surface area contributed by atoms with Gasteiger partial charge in [-0.25, -0.2) is 0 Å². The van der Waals surface area contributed by atoms with Crippen LogP contribution < -0.4 is 10.6 Å². The first kappa shape index (κ1) is 14.7. The number of hydrogen-bond donors (Lipinski definition) is 2. The van der Waals surface area contributed by atoms with Gasteiger partial charge in [-0.1, -0.05) is 31.0 Å². The lowest BCUT2D eigenvalue weighted by atomic mass is 10.1. The number of hydrogen-bond acceptors (Lipinski definition) is 2. The Labute approximate surface area is 125 Å². The average Bonchev–Trinajstić information content (AvgIpc) is 2.54. The summed E-state index contributed by atoms with van der Waals surface area (Å²) in [4.78, 5) is 11.9. The normalized spacial score (nSPS) is 9.71. The maximum absolute atomic E-state index is 11.9. The molecular weight excluding hydrogens is 260 g/mol. The van der Waals surface area contributed by atoms with Crippen LogP contribution in [0.3, 0.4) is 0 Å². The van der Waals surface area contributed by atoms with E-state index in [1.165, 1.54) is 5.56 Å². The lowest BCUT2D eigenvalue weighted by Gasteiger charge is -2.08. The number of carbonyl (C=O) groups excluding carboxylic acids is 1. The quantitative estimate of drug-likeness (QED) is 0.824. The van der Waals surface area contributed by atoms with Gasteiger partial charge >= 0.3 is 0 Å². The summed E-state index contributed by atoms with van der Waals surface area (Å²) in [6, 6.07) is 15.3. The monoisotopic (exact) mass is 278 g/mol. The zero-order valence-corrected chi connectivity index (χ0v) is 12.0. The highest BCUT2D eigenvalue weighted by Crippen LogP contribution is 2.11. The zero-order valence-electron chi connectivity index (χ0n) is 12.0. The van der Waals surface area contributed by atoms with Crippen LogP contribution in [0.1, 0.15) is 18.1 Å². The van der Waals surface area contributed by atoms with Crippen molar-refractivity contribution in [1.29, 1.82) is 0 Å². The summed E-state index contributed by atoms with van der Waals surface area (Å²) >= 11 is 0. The van der Waals surface area contributed by atoms with Gasteiger partial charge in [0.1, 0.15) is 0 Å². The van der Waals surface area contributed by atoms with Crippen molar-refractivity contribution in [3.8, 4) is 12.3 Å². The van der Waals surface area contributed by atoms with Crippen LogP contribution >= 0.6 is 0 Å². The van der Waals surface area contributed by atoms with Crippen LogP contribution in [0.5, 0.6) is 0 Å².